The van der Waals surface area contributed by atoms with Crippen LogP contribution in [0.4, 0.5) is 11.8 Å². The summed E-state index contributed by atoms with van der Waals surface area (Å²) in [5.41, 5.74) is 2.36. The Bertz CT molecular complexity index is 295. The van der Waals surface area contributed by atoms with Crippen LogP contribution in [0.15, 0.2) is 6.20 Å². The lowest BCUT2D eigenvalue weighted by Crippen LogP contribution is -2.13. The van der Waals surface area contributed by atoms with Gasteiger partial charge in [-0.1, -0.05) is 11.6 Å². The van der Waals surface area contributed by atoms with Crippen molar-refractivity contribution in [1.82, 2.24) is 9.97 Å². The molecule has 0 aliphatic heterocycles. The van der Waals surface area contributed by atoms with Crippen LogP contribution in [-0.4, -0.2) is 28.5 Å². The average Bonchev–Trinajstić information content (AvgIpc) is 2.21. The Kier molecular flexibility index (Phi) is 4.78. The smallest absolute Gasteiger partial charge is 0.239 e. The van der Waals surface area contributed by atoms with Gasteiger partial charge in [-0.25, -0.2) is 10.8 Å². The molecule has 5 nitrogen and oxygen atoms in total. The molecular formula is C7H12ClN5S. The van der Waals surface area contributed by atoms with Crippen LogP contribution in [0, 0.1) is 0 Å². The van der Waals surface area contributed by atoms with E-state index in [0.717, 1.165) is 12.3 Å². The van der Waals surface area contributed by atoms with Crippen molar-refractivity contribution in [3.63, 3.8) is 0 Å². The summed E-state index contributed by atoms with van der Waals surface area (Å²) in [6.45, 7) is 0.807. The number of hydrazine groups is 1. The molecule has 1 aromatic rings. The summed E-state index contributed by atoms with van der Waals surface area (Å²) in [4.78, 5) is 7.92. The quantitative estimate of drug-likeness (QED) is 0.403. The molecule has 0 radical (unpaired) electrons. The molecule has 0 amide bonds. The first-order valence-corrected chi connectivity index (χ1v) is 5.77. The number of nitrogens with two attached hydrogens (primary N) is 1. The minimum absolute atomic E-state index is 0.348. The molecule has 0 aromatic carbocycles. The van der Waals surface area contributed by atoms with E-state index in [0.29, 0.717) is 16.8 Å². The van der Waals surface area contributed by atoms with Gasteiger partial charge in [-0.15, -0.1) is 0 Å². The number of aromatic nitrogens is 2. The zero-order chi connectivity index (χ0) is 10.4. The third kappa shape index (κ3) is 3.21. The molecule has 0 fully saturated rings. The Morgan fingerprint density at radius 3 is 3.07 bits per heavy atom. The van der Waals surface area contributed by atoms with E-state index in [1.165, 1.54) is 6.20 Å². The Hall–Kier alpha value is -0.720. The number of nitrogens with zero attached hydrogens (tertiary/aromatic N) is 2. The summed E-state index contributed by atoms with van der Waals surface area (Å²) >= 11 is 7.62. The molecule has 1 rings (SSSR count). The highest BCUT2D eigenvalue weighted by Crippen LogP contribution is 2.18. The van der Waals surface area contributed by atoms with E-state index in [1.807, 2.05) is 6.26 Å². The largest absolute Gasteiger partial charge is 0.368 e. The number of anilines is 2. The van der Waals surface area contributed by atoms with Crippen LogP contribution in [0.25, 0.3) is 0 Å². The maximum atomic E-state index is 5.87. The Morgan fingerprint density at radius 1 is 1.64 bits per heavy atom. The monoisotopic (exact) mass is 233 g/mol. The van der Waals surface area contributed by atoms with E-state index >= 15 is 0 Å². The van der Waals surface area contributed by atoms with E-state index in [2.05, 4.69) is 20.7 Å². The Balaban J connectivity index is 2.64. The van der Waals surface area contributed by atoms with Crippen LogP contribution in [0.2, 0.25) is 5.02 Å². The second kappa shape index (κ2) is 5.90. The van der Waals surface area contributed by atoms with Crippen LogP contribution in [0.1, 0.15) is 0 Å². The average molecular weight is 234 g/mol. The molecule has 0 saturated carbocycles. The molecule has 14 heavy (non-hydrogen) atoms. The lowest BCUT2D eigenvalue weighted by Gasteiger charge is -2.07. The molecular weight excluding hydrogens is 222 g/mol. The van der Waals surface area contributed by atoms with Crippen molar-refractivity contribution < 1.29 is 0 Å². The summed E-state index contributed by atoms with van der Waals surface area (Å²) in [7, 11) is 0. The minimum Gasteiger partial charge on any atom is -0.368 e. The van der Waals surface area contributed by atoms with Crippen LogP contribution < -0.4 is 16.6 Å². The van der Waals surface area contributed by atoms with Crippen molar-refractivity contribution >= 4 is 35.1 Å². The molecule has 1 heterocycles. The van der Waals surface area contributed by atoms with Crippen molar-refractivity contribution in [2.45, 2.75) is 0 Å². The Morgan fingerprint density at radius 2 is 2.43 bits per heavy atom. The molecule has 0 atom stereocenters. The number of nitrogen functional groups attached to an aromatic ring is 1. The first-order chi connectivity index (χ1) is 6.77. The van der Waals surface area contributed by atoms with Gasteiger partial charge in [-0.05, 0) is 6.26 Å². The van der Waals surface area contributed by atoms with Gasteiger partial charge in [0.2, 0.25) is 5.95 Å². The zero-order valence-electron chi connectivity index (χ0n) is 7.75. The first-order valence-electron chi connectivity index (χ1n) is 4.00. The van der Waals surface area contributed by atoms with E-state index < -0.39 is 0 Å². The van der Waals surface area contributed by atoms with Crippen molar-refractivity contribution in [3.8, 4) is 0 Å². The molecule has 0 bridgehead atoms. The molecule has 0 saturated heterocycles. The van der Waals surface area contributed by atoms with Gasteiger partial charge in [-0.2, -0.15) is 16.7 Å². The van der Waals surface area contributed by atoms with Crippen molar-refractivity contribution in [2.75, 3.05) is 29.3 Å². The molecule has 0 unspecified atom stereocenters. The minimum atomic E-state index is 0.348. The zero-order valence-corrected chi connectivity index (χ0v) is 9.32. The van der Waals surface area contributed by atoms with Gasteiger partial charge in [-0.3, -0.25) is 5.43 Å². The first kappa shape index (κ1) is 11.4. The van der Waals surface area contributed by atoms with Crippen LogP contribution in [0.5, 0.6) is 0 Å². The summed E-state index contributed by atoms with van der Waals surface area (Å²) < 4.78 is 0. The number of hydrogen-bond donors (Lipinski definition) is 3. The van der Waals surface area contributed by atoms with Crippen LogP contribution in [-0.2, 0) is 0 Å². The number of hydrogen-bond acceptors (Lipinski definition) is 6. The second-order valence-electron chi connectivity index (χ2n) is 2.45. The highest BCUT2D eigenvalue weighted by molar-refractivity contribution is 7.98. The third-order valence-corrected chi connectivity index (χ3v) is 2.36. The normalized spacial score (nSPS) is 9.93. The summed E-state index contributed by atoms with van der Waals surface area (Å²) in [5.74, 6) is 7.11. The molecule has 0 spiro atoms. The van der Waals surface area contributed by atoms with E-state index in [-0.39, 0.29) is 0 Å². The lowest BCUT2D eigenvalue weighted by atomic mass is 10.5. The standard InChI is InChI=1S/C7H12ClN5S/c1-14-3-2-10-6-5(8)4-11-7(12-6)13-9/h4H,2-3,9H2,1H3,(H2,10,11,12,13). The predicted octanol–water partition coefficient (Wildman–Crippen LogP) is 1.19. The van der Waals surface area contributed by atoms with Crippen molar-refractivity contribution in [2.24, 2.45) is 5.84 Å². The van der Waals surface area contributed by atoms with Gasteiger partial charge < -0.3 is 5.32 Å². The third-order valence-electron chi connectivity index (χ3n) is 1.47. The maximum Gasteiger partial charge on any atom is 0.239 e. The van der Waals surface area contributed by atoms with E-state index in [1.54, 1.807) is 11.8 Å². The fraction of sp³-hybridized carbons (Fsp3) is 0.429. The van der Waals surface area contributed by atoms with Crippen molar-refractivity contribution in [1.29, 1.82) is 0 Å². The fourth-order valence-corrected chi connectivity index (χ4v) is 1.30. The van der Waals surface area contributed by atoms with Crippen LogP contribution >= 0.6 is 23.4 Å². The van der Waals surface area contributed by atoms with Gasteiger partial charge in [0.1, 0.15) is 5.02 Å². The SMILES string of the molecule is CSCCNc1nc(NN)ncc1Cl. The highest BCUT2D eigenvalue weighted by atomic mass is 35.5. The molecule has 78 valence electrons. The highest BCUT2D eigenvalue weighted by Gasteiger charge is 2.03. The topological polar surface area (TPSA) is 75.9 Å². The second-order valence-corrected chi connectivity index (χ2v) is 3.85. The van der Waals surface area contributed by atoms with Gasteiger partial charge in [0.25, 0.3) is 0 Å². The molecule has 0 aliphatic rings. The molecule has 0 aliphatic carbocycles. The molecule has 1 aromatic heterocycles. The Labute approximate surface area is 91.8 Å². The van der Waals surface area contributed by atoms with Gasteiger partial charge in [0.15, 0.2) is 5.82 Å². The fourth-order valence-electron chi connectivity index (χ4n) is 0.832. The molecule has 7 heteroatoms. The summed E-state index contributed by atoms with van der Waals surface area (Å²) in [5, 5.41) is 3.58. The molecule has 4 N–H and O–H groups in total. The van der Waals surface area contributed by atoms with Crippen LogP contribution in [0.3, 0.4) is 0 Å². The van der Waals surface area contributed by atoms with Gasteiger partial charge in [0.05, 0.1) is 6.20 Å². The predicted molar refractivity (Wildman–Crippen MR) is 61.7 cm³/mol. The van der Waals surface area contributed by atoms with E-state index in [9.17, 15) is 0 Å². The summed E-state index contributed by atoms with van der Waals surface area (Å²) in [6.07, 6.45) is 3.54. The van der Waals surface area contributed by atoms with E-state index in [4.69, 9.17) is 17.4 Å². The number of halogens is 1. The lowest BCUT2D eigenvalue weighted by molar-refractivity contribution is 1.09. The van der Waals surface area contributed by atoms with Gasteiger partial charge >= 0.3 is 0 Å². The number of nitrogens with one attached hydrogen (secondary N) is 2. The maximum absolute atomic E-state index is 5.87. The summed E-state index contributed by atoms with van der Waals surface area (Å²) in [6, 6.07) is 0. The van der Waals surface area contributed by atoms with Gasteiger partial charge in [0, 0.05) is 12.3 Å². The van der Waals surface area contributed by atoms with Crippen molar-refractivity contribution in [3.05, 3.63) is 11.2 Å². The number of rotatable bonds is 5. The number of thioether (sulfide) groups is 1.